The summed E-state index contributed by atoms with van der Waals surface area (Å²) in [5.41, 5.74) is 1.43. The van der Waals surface area contributed by atoms with Gasteiger partial charge in [0.2, 0.25) is 5.75 Å². The molecule has 0 bridgehead atoms. The fraction of sp³-hybridized carbons (Fsp3) is 0.415. The standard InChI is InChI=1S/C41H47ClN4O10/c1-41(38(48)49)15-10-9-11-26(14-16-41)55-39(50)44(2)17-18-45(3)40(51)56-31-21-30-33(28-13-8-7-12-27(28)31)25(22-42)23-46(30)37(47)29-19-24-20-32(52-4)35(53-5)36(54-6)34(24)43-29/h7-9,11-13,19-21,25-26,43H,10,14-18,22-23H2,1-6H3,(H,48,49)/b11-9+/t25-,26+,41-/m1/s1. The lowest BCUT2D eigenvalue weighted by Gasteiger charge is -2.29. The Morgan fingerprint density at radius 3 is 2.29 bits per heavy atom. The zero-order valence-electron chi connectivity index (χ0n) is 32.3. The Balaban J connectivity index is 1.19. The number of aromatic nitrogens is 1. The topological polar surface area (TPSA) is 160 Å². The largest absolute Gasteiger partial charge is 0.493 e. The van der Waals surface area contributed by atoms with E-state index in [1.54, 1.807) is 50.2 Å². The summed E-state index contributed by atoms with van der Waals surface area (Å²) in [6, 6.07) is 12.7. The first-order valence-electron chi connectivity index (χ1n) is 18.3. The third-order valence-electron chi connectivity index (χ3n) is 10.8. The van der Waals surface area contributed by atoms with Gasteiger partial charge < -0.3 is 48.5 Å². The summed E-state index contributed by atoms with van der Waals surface area (Å²) in [5, 5.41) is 11.8. The molecule has 0 saturated heterocycles. The quantitative estimate of drug-likeness (QED) is 0.116. The molecule has 298 valence electrons. The molecule has 4 aromatic rings. The monoisotopic (exact) mass is 790 g/mol. The molecule has 3 atom stereocenters. The summed E-state index contributed by atoms with van der Waals surface area (Å²) in [7, 11) is 7.68. The van der Waals surface area contributed by atoms with Crippen molar-refractivity contribution in [1.29, 1.82) is 0 Å². The third kappa shape index (κ3) is 7.75. The minimum absolute atomic E-state index is 0.128. The Labute approximate surface area is 329 Å². The van der Waals surface area contributed by atoms with Gasteiger partial charge in [0.05, 0.1) is 37.9 Å². The molecule has 2 N–H and O–H groups in total. The fourth-order valence-electron chi connectivity index (χ4n) is 7.34. The van der Waals surface area contributed by atoms with Gasteiger partial charge in [-0.3, -0.25) is 9.59 Å². The Morgan fingerprint density at radius 2 is 1.62 bits per heavy atom. The number of alkyl halides is 1. The number of benzene rings is 3. The van der Waals surface area contributed by atoms with Crippen LogP contribution in [0.2, 0.25) is 0 Å². The van der Waals surface area contributed by atoms with Crippen LogP contribution in [0.25, 0.3) is 21.7 Å². The molecule has 0 radical (unpaired) electrons. The van der Waals surface area contributed by atoms with Crippen LogP contribution in [0, 0.1) is 5.41 Å². The molecule has 6 rings (SSSR count). The van der Waals surface area contributed by atoms with Crippen molar-refractivity contribution in [1.82, 2.24) is 14.8 Å². The molecule has 56 heavy (non-hydrogen) atoms. The van der Waals surface area contributed by atoms with Gasteiger partial charge in [0.25, 0.3) is 5.91 Å². The van der Waals surface area contributed by atoms with Crippen LogP contribution in [-0.4, -0.2) is 111 Å². The number of ether oxygens (including phenoxy) is 5. The first-order chi connectivity index (χ1) is 26.8. The number of aliphatic carboxylic acids is 1. The number of fused-ring (bicyclic) bond motifs is 4. The SMILES string of the molecule is COc1cc2cc(C(=O)N3C[C@@H](CCl)c4c3cc(OC(=O)N(C)CCN(C)C(=O)O[C@H]3/C=C/CC[C@@](C)(C(=O)O)CC3)c3ccccc43)[nH]c2c(OC)c1OC. The molecular weight excluding hydrogens is 744 g/mol. The number of rotatable bonds is 11. The normalized spacial score (nSPS) is 19.7. The van der Waals surface area contributed by atoms with Crippen LogP contribution in [0.3, 0.4) is 0 Å². The molecule has 0 spiro atoms. The summed E-state index contributed by atoms with van der Waals surface area (Å²) in [6.07, 6.45) is 3.69. The molecule has 3 aromatic carbocycles. The molecule has 3 amide bonds. The van der Waals surface area contributed by atoms with Crippen LogP contribution in [-0.2, 0) is 9.53 Å². The Bertz CT molecular complexity index is 2190. The van der Waals surface area contributed by atoms with E-state index in [1.165, 1.54) is 31.1 Å². The van der Waals surface area contributed by atoms with E-state index in [1.807, 2.05) is 30.3 Å². The van der Waals surface area contributed by atoms with E-state index < -0.39 is 29.7 Å². The second kappa shape index (κ2) is 16.6. The van der Waals surface area contributed by atoms with E-state index in [4.69, 9.17) is 35.3 Å². The smallest absolute Gasteiger partial charge is 0.415 e. The number of halogens is 1. The van der Waals surface area contributed by atoms with Gasteiger partial charge in [-0.05, 0) is 61.8 Å². The molecule has 14 nitrogen and oxygen atoms in total. The number of carboxylic acids is 1. The van der Waals surface area contributed by atoms with Crippen LogP contribution in [0.4, 0.5) is 15.3 Å². The number of carboxylic acid groups (broad SMARTS) is 1. The maximum Gasteiger partial charge on any atom is 0.415 e. The van der Waals surface area contributed by atoms with Crippen LogP contribution in [0.15, 0.2) is 54.6 Å². The van der Waals surface area contributed by atoms with E-state index in [9.17, 15) is 24.3 Å². The van der Waals surface area contributed by atoms with Crippen LogP contribution < -0.4 is 23.8 Å². The van der Waals surface area contributed by atoms with Gasteiger partial charge in [-0.1, -0.05) is 30.3 Å². The first kappa shape index (κ1) is 40.0. The predicted octanol–water partition coefficient (Wildman–Crippen LogP) is 7.42. The van der Waals surface area contributed by atoms with Gasteiger partial charge in [-0.2, -0.15) is 0 Å². The van der Waals surface area contributed by atoms with E-state index in [-0.39, 0.29) is 36.5 Å². The highest BCUT2D eigenvalue weighted by Crippen LogP contribution is 2.47. The summed E-state index contributed by atoms with van der Waals surface area (Å²) in [4.78, 5) is 60.2. The zero-order chi connectivity index (χ0) is 40.3. The number of carbonyl (C=O) groups is 4. The van der Waals surface area contributed by atoms with Crippen molar-refractivity contribution in [2.24, 2.45) is 5.41 Å². The van der Waals surface area contributed by atoms with Crippen molar-refractivity contribution in [2.45, 2.75) is 44.6 Å². The van der Waals surface area contributed by atoms with Crippen LogP contribution in [0.5, 0.6) is 23.0 Å². The predicted molar refractivity (Wildman–Crippen MR) is 212 cm³/mol. The lowest BCUT2D eigenvalue weighted by molar-refractivity contribution is -0.149. The van der Waals surface area contributed by atoms with E-state index in [2.05, 4.69) is 4.98 Å². The second-order valence-corrected chi connectivity index (χ2v) is 14.7. The number of likely N-dealkylation sites (N-methyl/N-ethyl adjacent to an activating group) is 2. The lowest BCUT2D eigenvalue weighted by Crippen LogP contribution is -2.39. The molecule has 2 heterocycles. The highest BCUT2D eigenvalue weighted by molar-refractivity contribution is 6.19. The van der Waals surface area contributed by atoms with Crippen molar-refractivity contribution >= 4 is 63.0 Å². The molecule has 1 aliphatic carbocycles. The number of anilines is 1. The third-order valence-corrected chi connectivity index (χ3v) is 11.1. The maximum atomic E-state index is 14.3. The van der Waals surface area contributed by atoms with Gasteiger partial charge in [-0.15, -0.1) is 11.6 Å². The fourth-order valence-corrected chi connectivity index (χ4v) is 7.59. The number of hydrogen-bond acceptors (Lipinski definition) is 9. The Kier molecular flexibility index (Phi) is 11.9. The molecular formula is C41H47ClN4O10. The van der Waals surface area contributed by atoms with Crippen LogP contribution >= 0.6 is 11.6 Å². The van der Waals surface area contributed by atoms with Gasteiger partial charge in [0.15, 0.2) is 11.5 Å². The number of nitrogens with zero attached hydrogens (tertiary/aromatic N) is 3. The number of allylic oxidation sites excluding steroid dienone is 1. The Hall–Kier alpha value is -5.63. The molecule has 1 aromatic heterocycles. The summed E-state index contributed by atoms with van der Waals surface area (Å²) < 4.78 is 28.4. The molecule has 1 aliphatic heterocycles. The molecule has 0 fully saturated rings. The van der Waals surface area contributed by atoms with Crippen molar-refractivity contribution in [3.05, 3.63) is 65.9 Å². The minimum Gasteiger partial charge on any atom is -0.493 e. The van der Waals surface area contributed by atoms with Crippen molar-refractivity contribution in [3.8, 4) is 23.0 Å². The zero-order valence-corrected chi connectivity index (χ0v) is 33.1. The van der Waals surface area contributed by atoms with Crippen LogP contribution in [0.1, 0.15) is 54.6 Å². The van der Waals surface area contributed by atoms with E-state index in [0.717, 1.165) is 10.9 Å². The van der Waals surface area contributed by atoms with Gasteiger partial charge in [0.1, 0.15) is 17.5 Å². The molecule has 15 heteroatoms. The van der Waals surface area contributed by atoms with Gasteiger partial charge in [0, 0.05) is 62.4 Å². The summed E-state index contributed by atoms with van der Waals surface area (Å²) in [6.45, 7) is 2.29. The second-order valence-electron chi connectivity index (χ2n) is 14.4. The van der Waals surface area contributed by atoms with Crippen molar-refractivity contribution in [3.63, 3.8) is 0 Å². The number of carbonyl (C=O) groups excluding carboxylic acids is 3. The van der Waals surface area contributed by atoms with E-state index >= 15 is 0 Å². The minimum atomic E-state index is -0.885. The maximum absolute atomic E-state index is 14.3. The number of nitrogens with one attached hydrogen (secondary N) is 1. The van der Waals surface area contributed by atoms with E-state index in [0.29, 0.717) is 77.1 Å². The number of H-pyrrole nitrogens is 1. The number of hydrogen-bond donors (Lipinski definition) is 2. The van der Waals surface area contributed by atoms with Gasteiger partial charge >= 0.3 is 18.2 Å². The van der Waals surface area contributed by atoms with Gasteiger partial charge in [-0.25, -0.2) is 9.59 Å². The first-order valence-corrected chi connectivity index (χ1v) is 18.9. The Morgan fingerprint density at radius 1 is 0.929 bits per heavy atom. The highest BCUT2D eigenvalue weighted by atomic mass is 35.5. The van der Waals surface area contributed by atoms with Crippen molar-refractivity contribution < 1.29 is 48.0 Å². The molecule has 0 saturated carbocycles. The molecule has 2 aliphatic rings. The summed E-state index contributed by atoms with van der Waals surface area (Å²) in [5.74, 6) is 0.376. The summed E-state index contributed by atoms with van der Waals surface area (Å²) >= 11 is 6.52. The number of aromatic amines is 1. The van der Waals surface area contributed by atoms with Crippen molar-refractivity contribution in [2.75, 3.05) is 65.8 Å². The average Bonchev–Trinajstić information content (AvgIpc) is 3.80. The number of methoxy groups -OCH3 is 3. The lowest BCUT2D eigenvalue weighted by atomic mass is 9.79. The average molecular weight is 791 g/mol. The number of amides is 3. The molecule has 0 unspecified atom stereocenters. The highest BCUT2D eigenvalue weighted by Gasteiger charge is 2.37.